The lowest BCUT2D eigenvalue weighted by Gasteiger charge is -2.06. The molecule has 100 valence electrons. The maximum Gasteiger partial charge on any atom is 0.264 e. The SMILES string of the molecule is COCc1nc(-c2ccc(Br)c(F)c2)[nH]c(=O)c1I. The van der Waals surface area contributed by atoms with Crippen LogP contribution in [0, 0.1) is 9.39 Å². The first-order valence-electron chi connectivity index (χ1n) is 5.26. The Bertz CT molecular complexity index is 675. The molecule has 0 aliphatic heterocycles. The van der Waals surface area contributed by atoms with Gasteiger partial charge < -0.3 is 9.72 Å². The van der Waals surface area contributed by atoms with E-state index in [0.29, 0.717) is 25.1 Å². The zero-order valence-electron chi connectivity index (χ0n) is 9.84. The molecule has 0 atom stereocenters. The number of halogens is 3. The topological polar surface area (TPSA) is 55.0 Å². The fourth-order valence-corrected chi connectivity index (χ4v) is 2.18. The lowest BCUT2D eigenvalue weighted by molar-refractivity contribution is 0.180. The summed E-state index contributed by atoms with van der Waals surface area (Å²) in [6.45, 7) is 0.230. The van der Waals surface area contributed by atoms with Gasteiger partial charge in [-0.15, -0.1) is 0 Å². The third-order valence-electron chi connectivity index (χ3n) is 2.41. The molecular formula is C12H9BrFIN2O2. The number of nitrogens with one attached hydrogen (secondary N) is 1. The molecule has 2 aromatic rings. The Morgan fingerprint density at radius 1 is 1.53 bits per heavy atom. The first-order valence-corrected chi connectivity index (χ1v) is 7.13. The molecule has 7 heteroatoms. The highest BCUT2D eigenvalue weighted by atomic mass is 127. The van der Waals surface area contributed by atoms with Gasteiger partial charge in [0.05, 0.1) is 16.8 Å². The zero-order valence-corrected chi connectivity index (χ0v) is 13.6. The summed E-state index contributed by atoms with van der Waals surface area (Å²) >= 11 is 4.99. The molecule has 0 unspecified atom stereocenters. The number of benzene rings is 1. The van der Waals surface area contributed by atoms with Crippen LogP contribution in [0.25, 0.3) is 11.4 Å². The van der Waals surface area contributed by atoms with Crippen molar-refractivity contribution in [3.05, 3.63) is 48.1 Å². The molecule has 0 bridgehead atoms. The van der Waals surface area contributed by atoms with E-state index < -0.39 is 5.82 Å². The third-order valence-corrected chi connectivity index (χ3v) is 4.16. The van der Waals surface area contributed by atoms with Gasteiger partial charge in [0.25, 0.3) is 5.56 Å². The van der Waals surface area contributed by atoms with Crippen LogP contribution in [0.2, 0.25) is 0 Å². The van der Waals surface area contributed by atoms with Gasteiger partial charge in [-0.1, -0.05) is 0 Å². The second-order valence-corrected chi connectivity index (χ2v) is 5.67. The maximum absolute atomic E-state index is 13.5. The van der Waals surface area contributed by atoms with E-state index in [1.807, 2.05) is 22.6 Å². The number of ether oxygens (including phenoxy) is 1. The van der Waals surface area contributed by atoms with Crippen molar-refractivity contribution in [2.24, 2.45) is 0 Å². The summed E-state index contributed by atoms with van der Waals surface area (Å²) in [6, 6.07) is 4.55. The summed E-state index contributed by atoms with van der Waals surface area (Å²) < 4.78 is 19.3. The second kappa shape index (κ2) is 6.10. The van der Waals surface area contributed by atoms with Gasteiger partial charge in [-0.3, -0.25) is 4.79 Å². The lowest BCUT2D eigenvalue weighted by Crippen LogP contribution is -2.16. The van der Waals surface area contributed by atoms with Gasteiger partial charge in [0, 0.05) is 12.7 Å². The van der Waals surface area contributed by atoms with Crippen LogP contribution in [0.15, 0.2) is 27.5 Å². The Kier molecular flexibility index (Phi) is 4.69. The number of nitrogens with zero attached hydrogens (tertiary/aromatic N) is 1. The number of methoxy groups -OCH3 is 1. The number of H-pyrrole nitrogens is 1. The van der Waals surface area contributed by atoms with Crippen molar-refractivity contribution < 1.29 is 9.13 Å². The predicted molar refractivity (Wildman–Crippen MR) is 81.4 cm³/mol. The molecule has 19 heavy (non-hydrogen) atoms. The van der Waals surface area contributed by atoms with Crippen molar-refractivity contribution in [3.63, 3.8) is 0 Å². The van der Waals surface area contributed by atoms with E-state index in [0.717, 1.165) is 0 Å². The van der Waals surface area contributed by atoms with Gasteiger partial charge in [0.2, 0.25) is 0 Å². The highest BCUT2D eigenvalue weighted by Gasteiger charge is 2.11. The first kappa shape index (κ1) is 14.6. The number of hydrogen-bond acceptors (Lipinski definition) is 3. The molecular weight excluding hydrogens is 430 g/mol. The molecule has 0 amide bonds. The summed E-state index contributed by atoms with van der Waals surface area (Å²) in [5, 5.41) is 0. The molecule has 0 aliphatic rings. The minimum Gasteiger partial charge on any atom is -0.378 e. The Morgan fingerprint density at radius 3 is 2.89 bits per heavy atom. The summed E-state index contributed by atoms with van der Waals surface area (Å²) in [7, 11) is 1.53. The van der Waals surface area contributed by atoms with Gasteiger partial charge in [-0.25, -0.2) is 9.37 Å². The largest absolute Gasteiger partial charge is 0.378 e. The number of aromatic amines is 1. The van der Waals surface area contributed by atoms with Crippen molar-refractivity contribution in [1.82, 2.24) is 9.97 Å². The summed E-state index contributed by atoms with van der Waals surface area (Å²) in [5.41, 5.74) is 0.776. The molecule has 0 saturated heterocycles. The lowest BCUT2D eigenvalue weighted by atomic mass is 10.2. The van der Waals surface area contributed by atoms with Crippen LogP contribution < -0.4 is 5.56 Å². The Hall–Kier alpha value is -0.800. The number of hydrogen-bond donors (Lipinski definition) is 1. The molecule has 0 spiro atoms. The molecule has 1 aromatic carbocycles. The van der Waals surface area contributed by atoms with Crippen molar-refractivity contribution in [3.8, 4) is 11.4 Å². The summed E-state index contributed by atoms with van der Waals surface area (Å²) in [4.78, 5) is 18.7. The van der Waals surface area contributed by atoms with Crippen molar-refractivity contribution in [2.75, 3.05) is 7.11 Å². The van der Waals surface area contributed by atoms with E-state index in [-0.39, 0.29) is 12.2 Å². The van der Waals surface area contributed by atoms with Crippen LogP contribution in [0.3, 0.4) is 0 Å². The van der Waals surface area contributed by atoms with E-state index in [1.54, 1.807) is 12.1 Å². The average molecular weight is 439 g/mol. The highest BCUT2D eigenvalue weighted by Crippen LogP contribution is 2.22. The molecule has 1 heterocycles. The minimum absolute atomic E-state index is 0.230. The fraction of sp³-hybridized carbons (Fsp3) is 0.167. The third kappa shape index (κ3) is 3.21. The Labute approximate surface area is 130 Å². The normalized spacial score (nSPS) is 10.7. The van der Waals surface area contributed by atoms with Gasteiger partial charge in [-0.05, 0) is 56.7 Å². The molecule has 0 aliphatic carbocycles. The summed E-state index contributed by atoms with van der Waals surface area (Å²) in [5.74, 6) is -0.0872. The highest BCUT2D eigenvalue weighted by molar-refractivity contribution is 14.1. The molecule has 4 nitrogen and oxygen atoms in total. The second-order valence-electron chi connectivity index (χ2n) is 3.74. The van der Waals surface area contributed by atoms with Crippen LogP contribution in [-0.2, 0) is 11.3 Å². The average Bonchev–Trinajstić information content (AvgIpc) is 2.38. The smallest absolute Gasteiger partial charge is 0.264 e. The van der Waals surface area contributed by atoms with Crippen LogP contribution >= 0.6 is 38.5 Å². The molecule has 1 aromatic heterocycles. The van der Waals surface area contributed by atoms with Crippen LogP contribution in [0.1, 0.15) is 5.69 Å². The number of rotatable bonds is 3. The molecule has 1 N–H and O–H groups in total. The standard InChI is InChI=1S/C12H9BrFIN2O2/c1-19-5-9-10(15)12(18)17-11(16-9)6-2-3-7(13)8(14)4-6/h2-4H,5H2,1H3,(H,16,17,18). The zero-order chi connectivity index (χ0) is 14.0. The minimum atomic E-state index is -0.410. The van der Waals surface area contributed by atoms with Gasteiger partial charge in [0.15, 0.2) is 0 Å². The van der Waals surface area contributed by atoms with E-state index in [1.165, 1.54) is 13.2 Å². The van der Waals surface area contributed by atoms with Crippen LogP contribution in [0.5, 0.6) is 0 Å². The van der Waals surface area contributed by atoms with Crippen LogP contribution in [-0.4, -0.2) is 17.1 Å². The molecule has 2 rings (SSSR count). The summed E-state index contributed by atoms with van der Waals surface area (Å²) in [6.07, 6.45) is 0. The monoisotopic (exact) mass is 438 g/mol. The van der Waals surface area contributed by atoms with Gasteiger partial charge in [-0.2, -0.15) is 0 Å². The quantitative estimate of drug-likeness (QED) is 0.749. The maximum atomic E-state index is 13.5. The molecule has 0 saturated carbocycles. The van der Waals surface area contributed by atoms with E-state index in [9.17, 15) is 9.18 Å². The van der Waals surface area contributed by atoms with Crippen molar-refractivity contribution in [1.29, 1.82) is 0 Å². The first-order chi connectivity index (χ1) is 9.02. The Morgan fingerprint density at radius 2 is 2.26 bits per heavy atom. The molecule has 0 radical (unpaired) electrons. The fourth-order valence-electron chi connectivity index (χ4n) is 1.52. The van der Waals surface area contributed by atoms with Gasteiger partial charge >= 0.3 is 0 Å². The van der Waals surface area contributed by atoms with Gasteiger partial charge in [0.1, 0.15) is 15.2 Å². The number of aromatic nitrogens is 2. The van der Waals surface area contributed by atoms with Crippen molar-refractivity contribution in [2.45, 2.75) is 6.61 Å². The van der Waals surface area contributed by atoms with E-state index in [2.05, 4.69) is 25.9 Å². The predicted octanol–water partition coefficient (Wildman–Crippen LogP) is 3.09. The van der Waals surface area contributed by atoms with Crippen molar-refractivity contribution >= 4 is 38.5 Å². The van der Waals surface area contributed by atoms with E-state index >= 15 is 0 Å². The van der Waals surface area contributed by atoms with E-state index in [4.69, 9.17) is 4.74 Å². The van der Waals surface area contributed by atoms with Crippen LogP contribution in [0.4, 0.5) is 4.39 Å². The molecule has 0 fully saturated rings. The Balaban J connectivity index is 2.56.